The van der Waals surface area contributed by atoms with Crippen LogP contribution in [-0.2, 0) is 0 Å². The van der Waals surface area contributed by atoms with Gasteiger partial charge in [0.15, 0.2) is 0 Å². The monoisotopic (exact) mass is 430 g/mol. The predicted octanol–water partition coefficient (Wildman–Crippen LogP) is 4.95. The molecule has 0 aliphatic rings. The minimum atomic E-state index is -0.00859. The van der Waals surface area contributed by atoms with E-state index < -0.39 is 0 Å². The molecule has 0 aliphatic heterocycles. The molecule has 0 saturated carbocycles. The molecule has 25 heavy (non-hydrogen) atoms. The van der Waals surface area contributed by atoms with Gasteiger partial charge < -0.3 is 0 Å². The van der Waals surface area contributed by atoms with Gasteiger partial charge in [0, 0.05) is 0 Å². The van der Waals surface area contributed by atoms with E-state index in [9.17, 15) is 4.79 Å². The van der Waals surface area contributed by atoms with Crippen molar-refractivity contribution in [1.29, 1.82) is 0 Å². The fraction of sp³-hybridized carbons (Fsp3) is 0.0952. The molecule has 126 valence electrons. The van der Waals surface area contributed by atoms with Gasteiger partial charge in [-0.15, -0.1) is 0 Å². The van der Waals surface area contributed by atoms with Crippen molar-refractivity contribution >= 4 is 59.5 Å². The van der Waals surface area contributed by atoms with E-state index in [1.165, 1.54) is 4.46 Å². The number of allylic oxidation sites excluding steroid dienone is 1. The third-order valence-corrected chi connectivity index (χ3v) is 8.78. The fourth-order valence-corrected chi connectivity index (χ4v) is 6.95. The molecule has 0 aromatic heterocycles. The van der Waals surface area contributed by atoms with E-state index >= 15 is 0 Å². The number of fused-ring (bicyclic) bond motifs is 1. The Balaban J connectivity index is 2.02. The fourth-order valence-electron chi connectivity index (χ4n) is 2.52. The van der Waals surface area contributed by atoms with Crippen LogP contribution in [-0.4, -0.2) is 33.3 Å². The van der Waals surface area contributed by atoms with Crippen LogP contribution in [0.15, 0.2) is 81.5 Å². The van der Waals surface area contributed by atoms with Crippen molar-refractivity contribution in [3.63, 3.8) is 0 Å². The number of rotatable bonds is 6. The summed E-state index contributed by atoms with van der Waals surface area (Å²) in [5, 5.41) is 2.27. The minimum absolute atomic E-state index is 0.00859. The second-order valence-corrected chi connectivity index (χ2v) is 9.50. The molecule has 1 nitrogen and oxygen atoms in total. The van der Waals surface area contributed by atoms with E-state index in [1.54, 1.807) is 23.5 Å². The summed E-state index contributed by atoms with van der Waals surface area (Å²) >= 11 is 3.31. The first-order valence-corrected chi connectivity index (χ1v) is 12.0. The number of Topliss-reactive ketones (excluding diaryl/α,β-unsaturated/α-hetero) is 1. The first kappa shape index (κ1) is 18.3. The maximum absolute atomic E-state index is 13.3. The Kier molecular flexibility index (Phi) is 6.44. The number of benzene rings is 3. The summed E-state index contributed by atoms with van der Waals surface area (Å²) in [4.78, 5) is 13.3. The number of hydrogen-bond donors (Lipinski definition) is 0. The van der Waals surface area contributed by atoms with Gasteiger partial charge in [-0.05, 0) is 0 Å². The van der Waals surface area contributed by atoms with Crippen molar-refractivity contribution in [2.24, 2.45) is 0 Å². The Morgan fingerprint density at radius 2 is 1.44 bits per heavy atom. The van der Waals surface area contributed by atoms with E-state index in [0.717, 1.165) is 25.0 Å². The van der Waals surface area contributed by atoms with Gasteiger partial charge in [-0.2, -0.15) is 0 Å². The van der Waals surface area contributed by atoms with Crippen molar-refractivity contribution in [1.82, 2.24) is 0 Å². The molecule has 0 spiro atoms. The van der Waals surface area contributed by atoms with Crippen LogP contribution >= 0.6 is 23.5 Å². The normalized spacial score (nSPS) is 10.6. The van der Waals surface area contributed by atoms with Crippen LogP contribution in [0.4, 0.5) is 0 Å². The molecular weight excluding hydrogens is 411 g/mol. The van der Waals surface area contributed by atoms with Gasteiger partial charge in [0.25, 0.3) is 0 Å². The van der Waals surface area contributed by atoms with Crippen LogP contribution in [0, 0.1) is 0 Å². The van der Waals surface area contributed by atoms with Crippen LogP contribution in [0.5, 0.6) is 0 Å². The topological polar surface area (TPSA) is 17.1 Å². The molecule has 0 N–H and O–H groups in total. The van der Waals surface area contributed by atoms with Gasteiger partial charge in [-0.3, -0.25) is 0 Å². The average Bonchev–Trinajstić information content (AvgIpc) is 2.68. The van der Waals surface area contributed by atoms with E-state index in [0.29, 0.717) is 0 Å². The van der Waals surface area contributed by atoms with E-state index in [-0.39, 0.29) is 20.7 Å². The van der Waals surface area contributed by atoms with Crippen LogP contribution in [0.3, 0.4) is 0 Å². The molecule has 0 bridgehead atoms. The molecule has 0 radical (unpaired) electrons. The molecule has 0 fully saturated rings. The Morgan fingerprint density at radius 3 is 2.12 bits per heavy atom. The molecule has 4 heteroatoms. The van der Waals surface area contributed by atoms with Crippen molar-refractivity contribution < 1.29 is 4.79 Å². The summed E-state index contributed by atoms with van der Waals surface area (Å²) in [5.74, 6) is 0.147. The number of carbonyl (C=O) groups excluding carboxylic acids is 1. The van der Waals surface area contributed by atoms with Gasteiger partial charge in [0.1, 0.15) is 0 Å². The molecule has 0 amide bonds. The zero-order valence-electron chi connectivity index (χ0n) is 14.1. The number of carbonyl (C=O) groups is 1. The van der Waals surface area contributed by atoms with Gasteiger partial charge in [-0.1, -0.05) is 0 Å². The zero-order valence-corrected chi connectivity index (χ0v) is 17.4. The summed E-state index contributed by atoms with van der Waals surface area (Å²) in [6.45, 7) is 0. The summed E-state index contributed by atoms with van der Waals surface area (Å²) in [6, 6.07) is 24.4. The quantitative estimate of drug-likeness (QED) is 0.314. The molecule has 0 saturated heterocycles. The van der Waals surface area contributed by atoms with Crippen LogP contribution in [0.2, 0.25) is 0 Å². The van der Waals surface area contributed by atoms with E-state index in [1.807, 2.05) is 61.0 Å². The first-order valence-electron chi connectivity index (χ1n) is 7.81. The Hall–Kier alpha value is -1.45. The molecule has 0 atom stereocenters. The van der Waals surface area contributed by atoms with Crippen molar-refractivity contribution in [2.75, 3.05) is 12.5 Å². The van der Waals surface area contributed by atoms with Gasteiger partial charge in [-0.25, -0.2) is 0 Å². The molecule has 3 aromatic carbocycles. The third-order valence-electron chi connectivity index (χ3n) is 3.74. The van der Waals surface area contributed by atoms with Gasteiger partial charge >= 0.3 is 164 Å². The Bertz CT molecular complexity index is 913. The van der Waals surface area contributed by atoms with Gasteiger partial charge in [0.2, 0.25) is 0 Å². The van der Waals surface area contributed by atoms with E-state index in [2.05, 4.69) is 24.3 Å². The van der Waals surface area contributed by atoms with E-state index in [4.69, 9.17) is 0 Å². The SMILES string of the molecule is CSC(SC)=C([Se]c1ccccc1)C(=O)c1ccc2ccccc2c1. The average molecular weight is 429 g/mol. The maximum atomic E-state index is 13.3. The number of ketones is 1. The second-order valence-electron chi connectivity index (χ2n) is 5.33. The predicted molar refractivity (Wildman–Crippen MR) is 114 cm³/mol. The van der Waals surface area contributed by atoms with Gasteiger partial charge in [0.05, 0.1) is 0 Å². The standard InChI is InChI=1S/C21H18OS2Se/c1-23-21(24-2)20(25-18-10-4-3-5-11-18)19(22)17-13-12-15-8-6-7-9-16(15)14-17/h3-14H,1-2H3. The van der Waals surface area contributed by atoms with Crippen LogP contribution in [0.1, 0.15) is 10.4 Å². The van der Waals surface area contributed by atoms with Crippen molar-refractivity contribution in [3.05, 3.63) is 87.1 Å². The van der Waals surface area contributed by atoms with Crippen molar-refractivity contribution in [2.45, 2.75) is 0 Å². The second kappa shape index (κ2) is 8.77. The summed E-state index contributed by atoms with van der Waals surface area (Å²) in [7, 11) is 0. The van der Waals surface area contributed by atoms with Crippen LogP contribution < -0.4 is 4.46 Å². The Morgan fingerprint density at radius 1 is 0.800 bits per heavy atom. The Labute approximate surface area is 163 Å². The molecule has 0 aliphatic carbocycles. The summed E-state index contributed by atoms with van der Waals surface area (Å²) in [6.07, 6.45) is 4.08. The molecule has 3 rings (SSSR count). The van der Waals surface area contributed by atoms with Crippen molar-refractivity contribution in [3.8, 4) is 0 Å². The number of hydrogen-bond acceptors (Lipinski definition) is 3. The zero-order chi connectivity index (χ0) is 17.6. The molecule has 3 aromatic rings. The molecular formula is C21H18OS2Se. The third kappa shape index (κ3) is 4.39. The first-order chi connectivity index (χ1) is 12.2. The number of thioether (sulfide) groups is 2. The summed E-state index contributed by atoms with van der Waals surface area (Å²) < 4.78 is 3.27. The van der Waals surface area contributed by atoms with Crippen LogP contribution in [0.25, 0.3) is 10.8 Å². The molecule has 0 unspecified atom stereocenters. The molecule has 0 heterocycles. The summed E-state index contributed by atoms with van der Waals surface area (Å²) in [5.41, 5.74) is 0.770.